The first-order chi connectivity index (χ1) is 14.4. The maximum absolute atomic E-state index is 13.7. The molecule has 3 nitrogen and oxygen atoms in total. The van der Waals surface area contributed by atoms with Gasteiger partial charge < -0.3 is 10.1 Å². The Morgan fingerprint density at radius 2 is 1.70 bits per heavy atom. The highest BCUT2D eigenvalue weighted by molar-refractivity contribution is 5.88. The first-order valence-electron chi connectivity index (χ1n) is 9.23. The predicted octanol–water partition coefficient (Wildman–Crippen LogP) is 6.17. The molecule has 0 amide bonds. The van der Waals surface area contributed by atoms with Gasteiger partial charge in [-0.15, -0.1) is 0 Å². The van der Waals surface area contributed by atoms with E-state index in [0.717, 1.165) is 5.56 Å². The Labute approximate surface area is 172 Å². The number of methoxy groups -OCH3 is 1. The number of para-hydroxylation sites is 1. The summed E-state index contributed by atoms with van der Waals surface area (Å²) in [6.07, 6.45) is -1.59. The highest BCUT2D eigenvalue weighted by atomic mass is 19.4. The molecular weight excluding hydrogens is 391 g/mol. The molecule has 30 heavy (non-hydrogen) atoms. The van der Waals surface area contributed by atoms with Gasteiger partial charge in [0.15, 0.2) is 0 Å². The summed E-state index contributed by atoms with van der Waals surface area (Å²) in [4.78, 5) is 11.3. The molecule has 0 unspecified atom stereocenters. The number of esters is 1. The number of nitrogens with one attached hydrogen (secondary N) is 1. The summed E-state index contributed by atoms with van der Waals surface area (Å²) < 4.78 is 45.6. The van der Waals surface area contributed by atoms with E-state index in [1.54, 1.807) is 66.7 Å². The van der Waals surface area contributed by atoms with Crippen LogP contribution in [0.2, 0.25) is 0 Å². The summed E-state index contributed by atoms with van der Waals surface area (Å²) in [6, 6.07) is 20.0. The van der Waals surface area contributed by atoms with E-state index in [9.17, 15) is 18.0 Å². The maximum Gasteiger partial charge on any atom is 0.417 e. The number of rotatable bonds is 6. The molecule has 3 aromatic rings. The third kappa shape index (κ3) is 5.29. The third-order valence-corrected chi connectivity index (χ3v) is 4.52. The molecule has 1 N–H and O–H groups in total. The van der Waals surface area contributed by atoms with E-state index in [0.29, 0.717) is 16.8 Å². The lowest BCUT2D eigenvalue weighted by molar-refractivity contribution is -0.137. The van der Waals surface area contributed by atoms with Crippen LogP contribution in [0.15, 0.2) is 78.9 Å². The number of ether oxygens (including phenoxy) is 1. The van der Waals surface area contributed by atoms with E-state index in [1.165, 1.54) is 25.3 Å². The van der Waals surface area contributed by atoms with E-state index in [2.05, 4.69) is 10.1 Å². The second kappa shape index (κ2) is 9.31. The minimum absolute atomic E-state index is 0.147. The molecule has 0 heterocycles. The van der Waals surface area contributed by atoms with Crippen LogP contribution in [0, 0.1) is 0 Å². The fraction of sp³-hybridized carbons (Fsp3) is 0.125. The molecule has 3 rings (SSSR count). The number of anilines is 1. The van der Waals surface area contributed by atoms with Crippen LogP contribution < -0.4 is 5.32 Å². The Kier molecular flexibility index (Phi) is 6.57. The van der Waals surface area contributed by atoms with Crippen LogP contribution in [0.25, 0.3) is 17.2 Å². The summed E-state index contributed by atoms with van der Waals surface area (Å²) in [6.45, 7) is 0.196. The molecule has 0 atom stereocenters. The van der Waals surface area contributed by atoms with E-state index >= 15 is 0 Å². The van der Waals surface area contributed by atoms with Crippen LogP contribution in [0.1, 0.15) is 16.7 Å². The Morgan fingerprint density at radius 1 is 1.00 bits per heavy atom. The van der Waals surface area contributed by atoms with Gasteiger partial charge in [-0.25, -0.2) is 4.79 Å². The lowest BCUT2D eigenvalue weighted by Gasteiger charge is -2.16. The molecule has 0 aliphatic rings. The summed E-state index contributed by atoms with van der Waals surface area (Å²) in [5.41, 5.74) is 1.90. The van der Waals surface area contributed by atoms with Crippen molar-refractivity contribution in [1.29, 1.82) is 0 Å². The maximum atomic E-state index is 13.7. The largest absolute Gasteiger partial charge is 0.466 e. The Morgan fingerprint density at radius 3 is 2.40 bits per heavy atom. The van der Waals surface area contributed by atoms with Crippen LogP contribution in [0.4, 0.5) is 18.9 Å². The van der Waals surface area contributed by atoms with Gasteiger partial charge in [0, 0.05) is 18.3 Å². The zero-order valence-corrected chi connectivity index (χ0v) is 16.2. The van der Waals surface area contributed by atoms with Crippen molar-refractivity contribution >= 4 is 17.7 Å². The van der Waals surface area contributed by atoms with Crippen molar-refractivity contribution in [3.8, 4) is 11.1 Å². The third-order valence-electron chi connectivity index (χ3n) is 4.52. The molecule has 0 bridgehead atoms. The molecular formula is C24H20F3NO2. The molecule has 6 heteroatoms. The predicted molar refractivity (Wildman–Crippen MR) is 112 cm³/mol. The summed E-state index contributed by atoms with van der Waals surface area (Å²) in [5.74, 6) is -0.490. The number of alkyl halides is 3. The monoisotopic (exact) mass is 411 g/mol. The fourth-order valence-corrected chi connectivity index (χ4v) is 3.03. The van der Waals surface area contributed by atoms with Gasteiger partial charge in [-0.05, 0) is 40.5 Å². The first kappa shape index (κ1) is 21.2. The highest BCUT2D eigenvalue weighted by Crippen LogP contribution is 2.37. The zero-order valence-electron chi connectivity index (χ0n) is 16.2. The molecule has 154 valence electrons. The zero-order chi connectivity index (χ0) is 21.6. The summed E-state index contributed by atoms with van der Waals surface area (Å²) in [5, 5.41) is 3.14. The van der Waals surface area contributed by atoms with Crippen molar-refractivity contribution < 1.29 is 22.7 Å². The average molecular weight is 411 g/mol. The molecule has 0 saturated carbocycles. The van der Waals surface area contributed by atoms with Gasteiger partial charge in [0.05, 0.1) is 12.7 Å². The van der Waals surface area contributed by atoms with E-state index < -0.39 is 17.7 Å². The molecule has 0 aliphatic carbocycles. The minimum Gasteiger partial charge on any atom is -0.466 e. The van der Waals surface area contributed by atoms with E-state index in [4.69, 9.17) is 0 Å². The number of hydrogen-bond acceptors (Lipinski definition) is 3. The standard InChI is InChI=1S/C24H20F3NO2/c1-30-23(29)14-12-19-9-5-6-10-22(19)28-16-17-11-13-20(18-7-3-2-4-8-18)21(15-17)24(25,26)27/h2-15,28H,16H2,1H3/b14-12+. The fourth-order valence-electron chi connectivity index (χ4n) is 3.03. The van der Waals surface area contributed by atoms with Crippen LogP contribution in [-0.2, 0) is 22.3 Å². The second-order valence-corrected chi connectivity index (χ2v) is 6.54. The number of benzene rings is 3. The number of halogens is 3. The van der Waals surface area contributed by atoms with Crippen molar-refractivity contribution in [2.45, 2.75) is 12.7 Å². The normalized spacial score (nSPS) is 11.5. The summed E-state index contributed by atoms with van der Waals surface area (Å²) >= 11 is 0. The highest BCUT2D eigenvalue weighted by Gasteiger charge is 2.33. The number of carbonyl (C=O) groups excluding carboxylic acids is 1. The average Bonchev–Trinajstić information content (AvgIpc) is 2.76. The van der Waals surface area contributed by atoms with E-state index in [-0.39, 0.29) is 12.1 Å². The quantitative estimate of drug-likeness (QED) is 0.389. The van der Waals surface area contributed by atoms with Gasteiger partial charge in [-0.1, -0.05) is 60.7 Å². The van der Waals surface area contributed by atoms with Gasteiger partial charge in [0.25, 0.3) is 0 Å². The Balaban J connectivity index is 1.85. The number of hydrogen-bond donors (Lipinski definition) is 1. The van der Waals surface area contributed by atoms with Crippen molar-refractivity contribution in [2.75, 3.05) is 12.4 Å². The van der Waals surface area contributed by atoms with Gasteiger partial charge in [-0.2, -0.15) is 13.2 Å². The smallest absolute Gasteiger partial charge is 0.417 e. The molecule has 0 saturated heterocycles. The van der Waals surface area contributed by atoms with Crippen molar-refractivity contribution in [2.24, 2.45) is 0 Å². The van der Waals surface area contributed by atoms with Crippen LogP contribution in [0.5, 0.6) is 0 Å². The lowest BCUT2D eigenvalue weighted by atomic mass is 9.97. The molecule has 0 radical (unpaired) electrons. The Bertz CT molecular complexity index is 1040. The minimum atomic E-state index is -4.47. The summed E-state index contributed by atoms with van der Waals surface area (Å²) in [7, 11) is 1.29. The van der Waals surface area contributed by atoms with Crippen molar-refractivity contribution in [1.82, 2.24) is 0 Å². The first-order valence-corrected chi connectivity index (χ1v) is 9.23. The van der Waals surface area contributed by atoms with Crippen LogP contribution in [0.3, 0.4) is 0 Å². The Hall–Kier alpha value is -3.54. The van der Waals surface area contributed by atoms with Crippen LogP contribution >= 0.6 is 0 Å². The topological polar surface area (TPSA) is 38.3 Å². The van der Waals surface area contributed by atoms with Gasteiger partial charge >= 0.3 is 12.1 Å². The van der Waals surface area contributed by atoms with Crippen LogP contribution in [-0.4, -0.2) is 13.1 Å². The van der Waals surface area contributed by atoms with Crippen molar-refractivity contribution in [3.05, 3.63) is 95.6 Å². The van der Waals surface area contributed by atoms with Crippen molar-refractivity contribution in [3.63, 3.8) is 0 Å². The molecule has 3 aromatic carbocycles. The van der Waals surface area contributed by atoms with Gasteiger partial charge in [0.1, 0.15) is 0 Å². The molecule has 0 aliphatic heterocycles. The SMILES string of the molecule is COC(=O)/C=C/c1ccccc1NCc1ccc(-c2ccccc2)c(C(F)(F)F)c1. The lowest BCUT2D eigenvalue weighted by Crippen LogP contribution is -2.09. The molecule has 0 aromatic heterocycles. The van der Waals surface area contributed by atoms with Gasteiger partial charge in [0.2, 0.25) is 0 Å². The molecule has 0 fully saturated rings. The van der Waals surface area contributed by atoms with Gasteiger partial charge in [-0.3, -0.25) is 0 Å². The van der Waals surface area contributed by atoms with E-state index in [1.807, 2.05) is 0 Å². The number of carbonyl (C=O) groups is 1. The molecule has 0 spiro atoms. The second-order valence-electron chi connectivity index (χ2n) is 6.54.